The van der Waals surface area contributed by atoms with Gasteiger partial charge in [-0.15, -0.1) is 0 Å². The number of carbonyl (C=O) groups is 1. The van der Waals surface area contributed by atoms with Gasteiger partial charge in [-0.2, -0.15) is 0 Å². The molecule has 1 fully saturated rings. The Morgan fingerprint density at radius 1 is 1.00 bits per heavy atom. The van der Waals surface area contributed by atoms with Crippen LogP contribution in [0.2, 0.25) is 10.0 Å². The van der Waals surface area contributed by atoms with E-state index in [-0.39, 0.29) is 5.91 Å². The predicted molar refractivity (Wildman–Crippen MR) is 109 cm³/mol. The third kappa shape index (κ3) is 6.51. The lowest BCUT2D eigenvalue weighted by Crippen LogP contribution is -2.35. The lowest BCUT2D eigenvalue weighted by Gasteiger charge is -2.26. The van der Waals surface area contributed by atoms with Crippen LogP contribution in [0.15, 0.2) is 42.5 Å². The maximum atomic E-state index is 12.2. The van der Waals surface area contributed by atoms with E-state index in [4.69, 9.17) is 27.9 Å². The topological polar surface area (TPSA) is 41.6 Å². The van der Waals surface area contributed by atoms with Crippen molar-refractivity contribution < 1.29 is 9.53 Å². The summed E-state index contributed by atoms with van der Waals surface area (Å²) >= 11 is 11.9. The highest BCUT2D eigenvalue weighted by atomic mass is 35.5. The Kier molecular flexibility index (Phi) is 7.53. The fraction of sp³-hybridized carbons (Fsp3) is 0.381. The Hall–Kier alpha value is -1.59. The second-order valence-corrected chi connectivity index (χ2v) is 7.55. The summed E-state index contributed by atoms with van der Waals surface area (Å²) < 4.78 is 5.39. The number of aryl methyl sites for hydroxylation is 1. The van der Waals surface area contributed by atoms with E-state index in [2.05, 4.69) is 22.3 Å². The summed E-state index contributed by atoms with van der Waals surface area (Å²) in [5.74, 6) is 0.0275. The van der Waals surface area contributed by atoms with Gasteiger partial charge in [-0.25, -0.2) is 0 Å². The highest BCUT2D eigenvalue weighted by Crippen LogP contribution is 2.23. The van der Waals surface area contributed by atoms with Crippen molar-refractivity contribution in [1.29, 1.82) is 0 Å². The lowest BCUT2D eigenvalue weighted by molar-refractivity contribution is -0.121. The molecule has 3 rings (SSSR count). The Labute approximate surface area is 170 Å². The molecule has 0 atom stereocenters. The molecule has 1 heterocycles. The van der Waals surface area contributed by atoms with Crippen molar-refractivity contribution in [2.75, 3.05) is 26.3 Å². The molecule has 1 N–H and O–H groups in total. The van der Waals surface area contributed by atoms with Gasteiger partial charge in [-0.1, -0.05) is 53.5 Å². The van der Waals surface area contributed by atoms with Crippen molar-refractivity contribution >= 4 is 29.1 Å². The van der Waals surface area contributed by atoms with Crippen LogP contribution in [0.3, 0.4) is 0 Å². The van der Waals surface area contributed by atoms with Crippen LogP contribution in [0.25, 0.3) is 0 Å². The quantitative estimate of drug-likeness (QED) is 0.752. The first-order chi connectivity index (χ1) is 13.1. The molecule has 1 aliphatic heterocycles. The van der Waals surface area contributed by atoms with Crippen molar-refractivity contribution in [1.82, 2.24) is 10.2 Å². The average molecular weight is 407 g/mol. The summed E-state index contributed by atoms with van der Waals surface area (Å²) in [6.45, 7) is 4.99. The molecule has 0 bridgehead atoms. The van der Waals surface area contributed by atoms with Gasteiger partial charge in [0.25, 0.3) is 0 Å². The molecular weight excluding hydrogens is 383 g/mol. The Bertz CT molecular complexity index is 777. The average Bonchev–Trinajstić information content (AvgIpc) is 2.68. The fourth-order valence-corrected chi connectivity index (χ4v) is 3.42. The monoisotopic (exact) mass is 406 g/mol. The number of amides is 1. The second kappa shape index (κ2) is 10.1. The molecule has 6 heteroatoms. The summed E-state index contributed by atoms with van der Waals surface area (Å²) in [5, 5.41) is 4.04. The van der Waals surface area contributed by atoms with E-state index in [1.165, 1.54) is 5.56 Å². The number of nitrogens with one attached hydrogen (secondary N) is 1. The van der Waals surface area contributed by atoms with Gasteiger partial charge < -0.3 is 10.1 Å². The third-order valence-corrected chi connectivity index (χ3v) is 5.35. The largest absolute Gasteiger partial charge is 0.379 e. The zero-order valence-electron chi connectivity index (χ0n) is 15.2. The van der Waals surface area contributed by atoms with Crippen LogP contribution < -0.4 is 5.32 Å². The molecule has 0 unspecified atom stereocenters. The molecule has 4 nitrogen and oxygen atoms in total. The maximum Gasteiger partial charge on any atom is 0.220 e. The minimum atomic E-state index is 0.0275. The molecule has 27 heavy (non-hydrogen) atoms. The summed E-state index contributed by atoms with van der Waals surface area (Å²) in [6, 6.07) is 13.9. The molecular formula is C21H24Cl2N2O2. The molecule has 0 aromatic heterocycles. The number of morpholine rings is 1. The van der Waals surface area contributed by atoms with Crippen molar-refractivity contribution in [2.24, 2.45) is 0 Å². The first kappa shape index (κ1) is 20.2. The van der Waals surface area contributed by atoms with Gasteiger partial charge in [-0.3, -0.25) is 9.69 Å². The zero-order valence-corrected chi connectivity index (χ0v) is 16.7. The standard InChI is InChI=1S/C21H24Cl2N2O2/c22-19-6-4-16(13-20(19)23)5-7-21(26)24-14-17-2-1-3-18(12-17)15-25-8-10-27-11-9-25/h1-4,6,12-13H,5,7-11,14-15H2,(H,24,26). The van der Waals surface area contributed by atoms with Crippen LogP contribution in [-0.4, -0.2) is 37.1 Å². The predicted octanol–water partition coefficient (Wildman–Crippen LogP) is 4.07. The van der Waals surface area contributed by atoms with Gasteiger partial charge in [-0.05, 0) is 35.2 Å². The number of hydrogen-bond donors (Lipinski definition) is 1. The minimum Gasteiger partial charge on any atom is -0.379 e. The van der Waals surface area contributed by atoms with E-state index in [9.17, 15) is 4.79 Å². The summed E-state index contributed by atoms with van der Waals surface area (Å²) in [6.07, 6.45) is 1.06. The van der Waals surface area contributed by atoms with E-state index in [1.807, 2.05) is 24.3 Å². The van der Waals surface area contributed by atoms with Gasteiger partial charge in [0.1, 0.15) is 0 Å². The fourth-order valence-electron chi connectivity index (χ4n) is 3.10. The van der Waals surface area contributed by atoms with Gasteiger partial charge in [0.2, 0.25) is 5.91 Å². The van der Waals surface area contributed by atoms with Crippen LogP contribution >= 0.6 is 23.2 Å². The zero-order chi connectivity index (χ0) is 19.1. The molecule has 144 valence electrons. The van der Waals surface area contributed by atoms with E-state index < -0.39 is 0 Å². The number of rotatable bonds is 7. The minimum absolute atomic E-state index is 0.0275. The van der Waals surface area contributed by atoms with Crippen LogP contribution in [0.4, 0.5) is 0 Å². The number of ether oxygens (including phenoxy) is 1. The molecule has 0 radical (unpaired) electrons. The van der Waals surface area contributed by atoms with Crippen molar-refractivity contribution in [3.05, 3.63) is 69.2 Å². The van der Waals surface area contributed by atoms with Crippen molar-refractivity contribution in [3.8, 4) is 0 Å². The smallest absolute Gasteiger partial charge is 0.220 e. The number of nitrogens with zero attached hydrogens (tertiary/aromatic N) is 1. The van der Waals surface area contributed by atoms with Crippen molar-refractivity contribution in [2.45, 2.75) is 25.9 Å². The van der Waals surface area contributed by atoms with E-state index in [0.29, 0.717) is 29.4 Å². The lowest BCUT2D eigenvalue weighted by atomic mass is 10.1. The van der Waals surface area contributed by atoms with E-state index >= 15 is 0 Å². The maximum absolute atomic E-state index is 12.2. The highest BCUT2D eigenvalue weighted by molar-refractivity contribution is 6.42. The van der Waals surface area contributed by atoms with Gasteiger partial charge >= 0.3 is 0 Å². The van der Waals surface area contributed by atoms with Crippen LogP contribution in [0.1, 0.15) is 23.1 Å². The van der Waals surface area contributed by atoms with Crippen LogP contribution in [0, 0.1) is 0 Å². The molecule has 0 saturated carbocycles. The number of hydrogen-bond acceptors (Lipinski definition) is 3. The second-order valence-electron chi connectivity index (χ2n) is 6.73. The molecule has 2 aromatic carbocycles. The molecule has 0 aliphatic carbocycles. The molecule has 2 aromatic rings. The Morgan fingerprint density at radius 3 is 2.56 bits per heavy atom. The summed E-state index contributed by atoms with van der Waals surface area (Å²) in [7, 11) is 0. The SMILES string of the molecule is O=C(CCc1ccc(Cl)c(Cl)c1)NCc1cccc(CN2CCOCC2)c1. The van der Waals surface area contributed by atoms with Crippen LogP contribution in [-0.2, 0) is 29.0 Å². The number of halogens is 2. The highest BCUT2D eigenvalue weighted by Gasteiger charge is 2.11. The molecule has 1 amide bonds. The van der Waals surface area contributed by atoms with E-state index in [1.54, 1.807) is 6.07 Å². The summed E-state index contributed by atoms with van der Waals surface area (Å²) in [4.78, 5) is 14.5. The Morgan fingerprint density at radius 2 is 1.78 bits per heavy atom. The van der Waals surface area contributed by atoms with Gasteiger partial charge in [0.05, 0.1) is 23.3 Å². The first-order valence-corrected chi connectivity index (χ1v) is 9.94. The third-order valence-electron chi connectivity index (χ3n) is 4.62. The van der Waals surface area contributed by atoms with Crippen LogP contribution in [0.5, 0.6) is 0 Å². The van der Waals surface area contributed by atoms with Crippen molar-refractivity contribution in [3.63, 3.8) is 0 Å². The number of benzene rings is 2. The molecule has 1 aliphatic rings. The molecule has 0 spiro atoms. The molecule has 1 saturated heterocycles. The summed E-state index contributed by atoms with van der Waals surface area (Å²) in [5.41, 5.74) is 3.38. The van der Waals surface area contributed by atoms with Gasteiger partial charge in [0, 0.05) is 32.6 Å². The Balaban J connectivity index is 1.45. The van der Waals surface area contributed by atoms with Gasteiger partial charge in [0.15, 0.2) is 0 Å². The van der Waals surface area contributed by atoms with E-state index in [0.717, 1.165) is 44.0 Å². The first-order valence-electron chi connectivity index (χ1n) is 9.19. The number of carbonyl (C=O) groups excluding carboxylic acids is 1. The normalized spacial score (nSPS) is 14.9.